The largest absolute Gasteiger partial charge is 0.312 e. The first kappa shape index (κ1) is 15.0. The molecule has 0 aliphatic carbocycles. The summed E-state index contributed by atoms with van der Waals surface area (Å²) in [6.45, 7) is 8.10. The molecule has 1 heterocycles. The number of hydrogen-bond donors (Lipinski definition) is 1. The van der Waals surface area contributed by atoms with Gasteiger partial charge in [-0.3, -0.25) is 0 Å². The van der Waals surface area contributed by atoms with Crippen LogP contribution < -0.4 is 5.32 Å². The van der Waals surface area contributed by atoms with Crippen molar-refractivity contribution in [2.45, 2.75) is 32.9 Å². The van der Waals surface area contributed by atoms with Crippen LogP contribution in [0.15, 0.2) is 18.2 Å². The summed E-state index contributed by atoms with van der Waals surface area (Å²) in [4.78, 5) is 2.48. The molecule has 1 N–H and O–H groups in total. The van der Waals surface area contributed by atoms with Gasteiger partial charge in [-0.25, -0.2) is 4.39 Å². The summed E-state index contributed by atoms with van der Waals surface area (Å²) in [6.07, 6.45) is 1.20. The molecular formula is C16H22FN3. The van der Waals surface area contributed by atoms with Crippen LogP contribution in [0.2, 0.25) is 0 Å². The Labute approximate surface area is 120 Å². The van der Waals surface area contributed by atoms with Gasteiger partial charge in [0.25, 0.3) is 0 Å². The molecule has 1 aliphatic rings. The number of nitriles is 1. The second-order valence-corrected chi connectivity index (χ2v) is 5.79. The van der Waals surface area contributed by atoms with Crippen molar-refractivity contribution < 1.29 is 4.39 Å². The molecule has 1 unspecified atom stereocenters. The van der Waals surface area contributed by atoms with Crippen molar-refractivity contribution >= 4 is 0 Å². The minimum atomic E-state index is -0.244. The van der Waals surface area contributed by atoms with Crippen molar-refractivity contribution in [2.24, 2.45) is 5.92 Å². The van der Waals surface area contributed by atoms with Crippen LogP contribution in [0, 0.1) is 23.1 Å². The van der Waals surface area contributed by atoms with E-state index in [0.717, 1.165) is 19.6 Å². The lowest BCUT2D eigenvalue weighted by Crippen LogP contribution is -2.30. The fourth-order valence-electron chi connectivity index (χ4n) is 2.69. The lowest BCUT2D eigenvalue weighted by molar-refractivity contribution is 0.264. The quantitative estimate of drug-likeness (QED) is 0.897. The molecule has 1 aromatic carbocycles. The Morgan fingerprint density at radius 1 is 1.50 bits per heavy atom. The zero-order chi connectivity index (χ0) is 14.5. The third kappa shape index (κ3) is 3.78. The fraction of sp³-hybridized carbons (Fsp3) is 0.562. The summed E-state index contributed by atoms with van der Waals surface area (Å²) in [7, 11) is 0. The number of rotatable bonds is 5. The van der Waals surface area contributed by atoms with Crippen molar-refractivity contribution in [1.82, 2.24) is 10.2 Å². The second kappa shape index (κ2) is 6.83. The predicted molar refractivity (Wildman–Crippen MR) is 77.6 cm³/mol. The second-order valence-electron chi connectivity index (χ2n) is 5.79. The third-order valence-electron chi connectivity index (χ3n) is 3.97. The number of hydrogen-bond acceptors (Lipinski definition) is 3. The van der Waals surface area contributed by atoms with E-state index in [0.29, 0.717) is 29.6 Å². The Morgan fingerprint density at radius 3 is 2.95 bits per heavy atom. The first-order chi connectivity index (χ1) is 9.60. The van der Waals surface area contributed by atoms with Crippen LogP contribution in [0.1, 0.15) is 31.4 Å². The van der Waals surface area contributed by atoms with E-state index in [4.69, 9.17) is 5.26 Å². The van der Waals surface area contributed by atoms with Gasteiger partial charge < -0.3 is 10.2 Å². The molecule has 4 heteroatoms. The normalized spacial score (nSPS) is 19.4. The van der Waals surface area contributed by atoms with E-state index in [1.807, 2.05) is 6.07 Å². The molecule has 0 bridgehead atoms. The smallest absolute Gasteiger partial charge is 0.127 e. The number of halogens is 1. The molecule has 0 spiro atoms. The molecular weight excluding hydrogens is 253 g/mol. The van der Waals surface area contributed by atoms with Gasteiger partial charge in [-0.05, 0) is 57.5 Å². The lowest BCUT2D eigenvalue weighted by Gasteiger charge is -2.20. The molecule has 0 aromatic heterocycles. The third-order valence-corrected chi connectivity index (χ3v) is 3.97. The highest BCUT2D eigenvalue weighted by Crippen LogP contribution is 2.18. The van der Waals surface area contributed by atoms with Gasteiger partial charge in [-0.1, -0.05) is 0 Å². The number of nitrogens with zero attached hydrogens (tertiary/aromatic N) is 2. The average molecular weight is 275 g/mol. The molecule has 1 fully saturated rings. The molecule has 108 valence electrons. The van der Waals surface area contributed by atoms with Gasteiger partial charge >= 0.3 is 0 Å². The molecule has 1 aliphatic heterocycles. The molecule has 1 atom stereocenters. The Hall–Kier alpha value is -1.44. The number of likely N-dealkylation sites (tertiary alicyclic amines) is 1. The standard InChI is InChI=1S/C16H22FN3/c1-12(2)20-6-5-14(11-20)9-19-10-15-7-13(8-18)3-4-16(15)17/h3-4,7,12,14,19H,5-6,9-11H2,1-2H3. The van der Waals surface area contributed by atoms with Crippen molar-refractivity contribution in [3.63, 3.8) is 0 Å². The van der Waals surface area contributed by atoms with Crippen LogP contribution in [0.5, 0.6) is 0 Å². The van der Waals surface area contributed by atoms with Gasteiger partial charge in [0.2, 0.25) is 0 Å². The van der Waals surface area contributed by atoms with E-state index in [9.17, 15) is 4.39 Å². The van der Waals surface area contributed by atoms with E-state index in [1.165, 1.54) is 18.6 Å². The number of nitrogens with one attached hydrogen (secondary N) is 1. The zero-order valence-corrected chi connectivity index (χ0v) is 12.2. The topological polar surface area (TPSA) is 39.1 Å². The molecule has 1 aromatic rings. The molecule has 0 saturated carbocycles. The molecule has 0 radical (unpaired) electrons. The van der Waals surface area contributed by atoms with Gasteiger partial charge in [0.15, 0.2) is 0 Å². The average Bonchev–Trinajstić information content (AvgIpc) is 2.90. The van der Waals surface area contributed by atoms with E-state index in [-0.39, 0.29) is 5.82 Å². The van der Waals surface area contributed by atoms with E-state index in [2.05, 4.69) is 24.1 Å². The highest BCUT2D eigenvalue weighted by Gasteiger charge is 2.23. The van der Waals surface area contributed by atoms with Gasteiger partial charge in [-0.2, -0.15) is 5.26 Å². The zero-order valence-electron chi connectivity index (χ0n) is 12.2. The maximum absolute atomic E-state index is 13.6. The van der Waals surface area contributed by atoms with Gasteiger partial charge in [0, 0.05) is 24.7 Å². The molecule has 20 heavy (non-hydrogen) atoms. The van der Waals surface area contributed by atoms with Gasteiger partial charge in [0.05, 0.1) is 11.6 Å². The number of benzene rings is 1. The lowest BCUT2D eigenvalue weighted by atomic mass is 10.1. The van der Waals surface area contributed by atoms with Crippen LogP contribution in [0.3, 0.4) is 0 Å². The summed E-state index contributed by atoms with van der Waals surface area (Å²) >= 11 is 0. The molecule has 3 nitrogen and oxygen atoms in total. The Bertz CT molecular complexity index is 493. The predicted octanol–water partition coefficient (Wildman–Crippen LogP) is 2.52. The first-order valence-corrected chi connectivity index (χ1v) is 7.23. The van der Waals surface area contributed by atoms with E-state index < -0.39 is 0 Å². The summed E-state index contributed by atoms with van der Waals surface area (Å²) in [5.41, 5.74) is 1.08. The van der Waals surface area contributed by atoms with Crippen LogP contribution in [0.4, 0.5) is 4.39 Å². The van der Waals surface area contributed by atoms with Crippen molar-refractivity contribution in [2.75, 3.05) is 19.6 Å². The van der Waals surface area contributed by atoms with E-state index >= 15 is 0 Å². The molecule has 1 saturated heterocycles. The summed E-state index contributed by atoms with van der Waals surface area (Å²) in [5.74, 6) is 0.395. The summed E-state index contributed by atoms with van der Waals surface area (Å²) in [6, 6.07) is 7.14. The van der Waals surface area contributed by atoms with Crippen LogP contribution >= 0.6 is 0 Å². The van der Waals surface area contributed by atoms with Crippen LogP contribution in [-0.2, 0) is 6.54 Å². The monoisotopic (exact) mass is 275 g/mol. The summed E-state index contributed by atoms with van der Waals surface area (Å²) < 4.78 is 13.6. The van der Waals surface area contributed by atoms with Gasteiger partial charge in [0.1, 0.15) is 5.82 Å². The van der Waals surface area contributed by atoms with Crippen molar-refractivity contribution in [3.05, 3.63) is 35.1 Å². The van der Waals surface area contributed by atoms with Gasteiger partial charge in [-0.15, -0.1) is 0 Å². The Kier molecular flexibility index (Phi) is 5.11. The van der Waals surface area contributed by atoms with Crippen molar-refractivity contribution in [3.8, 4) is 6.07 Å². The van der Waals surface area contributed by atoms with Crippen molar-refractivity contribution in [1.29, 1.82) is 5.26 Å². The SMILES string of the molecule is CC(C)N1CCC(CNCc2cc(C#N)ccc2F)C1. The maximum atomic E-state index is 13.6. The van der Waals surface area contributed by atoms with E-state index in [1.54, 1.807) is 6.07 Å². The Morgan fingerprint density at radius 2 is 2.30 bits per heavy atom. The highest BCUT2D eigenvalue weighted by atomic mass is 19.1. The maximum Gasteiger partial charge on any atom is 0.127 e. The minimum Gasteiger partial charge on any atom is -0.312 e. The van der Waals surface area contributed by atoms with Crippen LogP contribution in [0.25, 0.3) is 0 Å². The molecule has 2 rings (SSSR count). The first-order valence-electron chi connectivity index (χ1n) is 7.23. The van der Waals surface area contributed by atoms with Crippen LogP contribution in [-0.4, -0.2) is 30.6 Å². The Balaban J connectivity index is 1.81. The minimum absolute atomic E-state index is 0.244. The summed E-state index contributed by atoms with van der Waals surface area (Å²) in [5, 5.41) is 12.2. The molecule has 0 amide bonds. The highest BCUT2D eigenvalue weighted by molar-refractivity contribution is 5.33. The fourth-order valence-corrected chi connectivity index (χ4v) is 2.69.